The topological polar surface area (TPSA) is 62.7 Å². The third-order valence-electron chi connectivity index (χ3n) is 1.36. The molecule has 0 aliphatic heterocycles. The molecule has 1 aromatic rings. The van der Waals surface area contributed by atoms with Crippen LogP contribution >= 0.6 is 11.6 Å². The number of nitrogens with zero attached hydrogens (tertiary/aromatic N) is 3. The summed E-state index contributed by atoms with van der Waals surface area (Å²) in [5.41, 5.74) is 0. The smallest absolute Gasteiger partial charge is 0.228 e. The Kier molecular flexibility index (Phi) is 3.88. The zero-order valence-electron chi connectivity index (χ0n) is 8.50. The maximum atomic E-state index is 5.73. The molecule has 0 aromatic carbocycles. The SMILES string of the molecule is CCNc1[15n]c(Cl)[15n]c(NC(C)C)[15n]1. The van der Waals surface area contributed by atoms with Crippen molar-refractivity contribution in [3.63, 3.8) is 0 Å². The second-order valence-electron chi connectivity index (χ2n) is 3.08. The van der Waals surface area contributed by atoms with Crippen LogP contribution in [0.2, 0.25) is 5.28 Å². The summed E-state index contributed by atoms with van der Waals surface area (Å²) < 4.78 is 0. The molecule has 0 aliphatic rings. The van der Waals surface area contributed by atoms with Gasteiger partial charge in [-0.25, -0.2) is 0 Å². The van der Waals surface area contributed by atoms with Crippen LogP contribution in [0.5, 0.6) is 0 Å². The van der Waals surface area contributed by atoms with E-state index in [2.05, 4.69) is 25.6 Å². The zero-order chi connectivity index (χ0) is 10.6. The molecule has 0 saturated heterocycles. The molecule has 0 bridgehead atoms. The van der Waals surface area contributed by atoms with Gasteiger partial charge in [0.05, 0.1) is 0 Å². The highest BCUT2D eigenvalue weighted by Gasteiger charge is 2.04. The summed E-state index contributed by atoms with van der Waals surface area (Å²) in [6.07, 6.45) is 0. The minimum absolute atomic E-state index is 0.194. The maximum absolute atomic E-state index is 5.73. The highest BCUT2D eigenvalue weighted by molar-refractivity contribution is 6.28. The lowest BCUT2D eigenvalue weighted by atomic mass is 10.4. The molecule has 0 radical (unpaired) electrons. The van der Waals surface area contributed by atoms with E-state index < -0.39 is 0 Å². The first-order chi connectivity index (χ1) is 6.61. The van der Waals surface area contributed by atoms with E-state index in [0.717, 1.165) is 6.54 Å². The first-order valence-corrected chi connectivity index (χ1v) is 4.91. The molecule has 6 heteroatoms. The monoisotopic (exact) mass is 218 g/mol. The first-order valence-electron chi connectivity index (χ1n) is 4.53. The van der Waals surface area contributed by atoms with Crippen molar-refractivity contribution in [2.24, 2.45) is 0 Å². The molecule has 0 saturated carbocycles. The van der Waals surface area contributed by atoms with Gasteiger partial charge in [0.2, 0.25) is 17.2 Å². The Morgan fingerprint density at radius 3 is 2.43 bits per heavy atom. The molecule has 1 heterocycles. The van der Waals surface area contributed by atoms with E-state index in [1.807, 2.05) is 20.8 Å². The molecule has 0 unspecified atom stereocenters. The Bertz CT molecular complexity index is 302. The van der Waals surface area contributed by atoms with E-state index in [9.17, 15) is 0 Å². The van der Waals surface area contributed by atoms with Crippen LogP contribution in [-0.4, -0.2) is 27.5 Å². The van der Waals surface area contributed by atoms with Gasteiger partial charge < -0.3 is 10.6 Å². The van der Waals surface area contributed by atoms with Crippen LogP contribution in [0.15, 0.2) is 0 Å². The fourth-order valence-corrected chi connectivity index (χ4v) is 1.07. The van der Waals surface area contributed by atoms with E-state index in [-0.39, 0.29) is 11.3 Å². The van der Waals surface area contributed by atoms with Gasteiger partial charge >= 0.3 is 0 Å². The second kappa shape index (κ2) is 4.95. The molecule has 78 valence electrons. The third-order valence-corrected chi connectivity index (χ3v) is 1.53. The summed E-state index contributed by atoms with van der Waals surface area (Å²) in [5, 5.41) is 6.23. The largest absolute Gasteiger partial charge is 0.354 e. The van der Waals surface area contributed by atoms with Crippen molar-refractivity contribution >= 4 is 23.5 Å². The third kappa shape index (κ3) is 3.33. The normalized spacial score (nSPS) is 10.4. The van der Waals surface area contributed by atoms with E-state index >= 15 is 0 Å². The highest BCUT2D eigenvalue weighted by Crippen LogP contribution is 2.09. The lowest BCUT2D eigenvalue weighted by Gasteiger charge is -2.09. The van der Waals surface area contributed by atoms with Gasteiger partial charge in [0, 0.05) is 12.6 Å². The fourth-order valence-electron chi connectivity index (χ4n) is 0.910. The highest BCUT2D eigenvalue weighted by atomic mass is 35.5. The first kappa shape index (κ1) is 11.0. The Balaban J connectivity index is 2.83. The van der Waals surface area contributed by atoms with Crippen molar-refractivity contribution in [1.29, 1.82) is 0 Å². The number of hydrogen-bond donors (Lipinski definition) is 2. The Morgan fingerprint density at radius 1 is 1.21 bits per heavy atom. The summed E-state index contributed by atoms with van der Waals surface area (Å²) in [5.74, 6) is 0.992. The van der Waals surface area contributed by atoms with Gasteiger partial charge in [-0.3, -0.25) is 0 Å². The van der Waals surface area contributed by atoms with Gasteiger partial charge in [-0.2, -0.15) is 15.0 Å². The molecular weight excluding hydrogens is 205 g/mol. The Labute approximate surface area is 88.3 Å². The van der Waals surface area contributed by atoms with Gasteiger partial charge in [0.1, 0.15) is 0 Å². The Morgan fingerprint density at radius 2 is 1.86 bits per heavy atom. The number of nitrogens with one attached hydrogen (secondary N) is 2. The lowest BCUT2D eigenvalue weighted by molar-refractivity contribution is 0.866. The number of halogens is 1. The maximum Gasteiger partial charge on any atom is 0.228 e. The van der Waals surface area contributed by atoms with Crippen LogP contribution in [0.25, 0.3) is 0 Å². The van der Waals surface area contributed by atoms with Crippen LogP contribution in [-0.2, 0) is 0 Å². The summed E-state index contributed by atoms with van der Waals surface area (Å²) >= 11 is 5.73. The molecule has 14 heavy (non-hydrogen) atoms. The van der Waals surface area contributed by atoms with Gasteiger partial charge in [-0.15, -0.1) is 0 Å². The Hall–Kier alpha value is -1.10. The van der Waals surface area contributed by atoms with E-state index in [1.54, 1.807) is 0 Å². The number of rotatable bonds is 4. The molecule has 0 amide bonds. The number of aromatic nitrogens is 3. The van der Waals surface area contributed by atoms with E-state index in [0.29, 0.717) is 11.9 Å². The summed E-state index contributed by atoms with van der Waals surface area (Å²) in [7, 11) is 0. The minimum atomic E-state index is 0.194. The van der Waals surface area contributed by atoms with E-state index in [1.165, 1.54) is 0 Å². The molecule has 1 aromatic heterocycles. The number of anilines is 2. The predicted molar refractivity (Wildman–Crippen MR) is 57.8 cm³/mol. The average Bonchev–Trinajstić information content (AvgIpc) is 2.01. The lowest BCUT2D eigenvalue weighted by Crippen LogP contribution is -2.14. The summed E-state index contributed by atoms with van der Waals surface area (Å²) in [6.45, 7) is 6.73. The van der Waals surface area contributed by atoms with Gasteiger partial charge in [-0.1, -0.05) is 0 Å². The van der Waals surface area contributed by atoms with Crippen molar-refractivity contribution in [3.05, 3.63) is 5.28 Å². The van der Waals surface area contributed by atoms with Gasteiger partial charge in [0.25, 0.3) is 0 Å². The molecule has 0 atom stereocenters. The van der Waals surface area contributed by atoms with Crippen LogP contribution in [0, 0.1) is 0 Å². The van der Waals surface area contributed by atoms with Crippen LogP contribution in [0.1, 0.15) is 20.8 Å². The summed E-state index contributed by atoms with van der Waals surface area (Å²) in [4.78, 5) is 12.0. The minimum Gasteiger partial charge on any atom is -0.354 e. The van der Waals surface area contributed by atoms with Gasteiger partial charge in [-0.05, 0) is 32.4 Å². The van der Waals surface area contributed by atoms with Crippen LogP contribution < -0.4 is 10.6 Å². The quantitative estimate of drug-likeness (QED) is 0.807. The molecule has 0 spiro atoms. The molecular formula is C8H14ClN5. The molecule has 5 nitrogen and oxygen atoms in total. The molecule has 2 N–H and O–H groups in total. The van der Waals surface area contributed by atoms with Crippen molar-refractivity contribution in [2.45, 2.75) is 26.8 Å². The average molecular weight is 219 g/mol. The van der Waals surface area contributed by atoms with Crippen molar-refractivity contribution in [3.8, 4) is 0 Å². The van der Waals surface area contributed by atoms with Gasteiger partial charge in [0.15, 0.2) is 0 Å². The molecule has 0 fully saturated rings. The van der Waals surface area contributed by atoms with Crippen molar-refractivity contribution in [1.82, 2.24) is 15.0 Å². The van der Waals surface area contributed by atoms with Crippen LogP contribution in [0.4, 0.5) is 11.9 Å². The number of hydrogen-bond acceptors (Lipinski definition) is 5. The van der Waals surface area contributed by atoms with Crippen molar-refractivity contribution < 1.29 is 0 Å². The van der Waals surface area contributed by atoms with E-state index in [4.69, 9.17) is 11.6 Å². The fraction of sp³-hybridized carbons (Fsp3) is 0.625. The zero-order valence-corrected chi connectivity index (χ0v) is 9.26. The predicted octanol–water partition coefficient (Wildman–Crippen LogP) is 1.78. The second-order valence-corrected chi connectivity index (χ2v) is 3.42. The molecule has 1 rings (SSSR count). The van der Waals surface area contributed by atoms with Crippen molar-refractivity contribution in [2.75, 3.05) is 17.2 Å². The van der Waals surface area contributed by atoms with Crippen LogP contribution in [0.3, 0.4) is 0 Å². The molecule has 0 aliphatic carbocycles. The summed E-state index contributed by atoms with van der Waals surface area (Å²) in [6, 6.07) is 0.267. The standard InChI is InChI=1S/C8H14ClN5/c1-4-10-7-12-6(9)13-8(14-7)11-5(2)3/h5H,4H2,1-3H3,(H2,10,11,12,13,14)/i12+1,13+1,14+1.